The number of methoxy groups -OCH3 is 2. The Balaban J connectivity index is 1.84. The lowest BCUT2D eigenvalue weighted by Gasteiger charge is -2.25. The van der Waals surface area contributed by atoms with Crippen molar-refractivity contribution in [2.24, 2.45) is 5.92 Å². The van der Waals surface area contributed by atoms with Gasteiger partial charge in [-0.1, -0.05) is 32.0 Å². The summed E-state index contributed by atoms with van der Waals surface area (Å²) >= 11 is 1.66. The molecule has 2 aromatic carbocycles. The number of aromatic nitrogens is 2. The Bertz CT molecular complexity index is 1070. The second kappa shape index (κ2) is 9.06. The first kappa shape index (κ1) is 21.3. The van der Waals surface area contributed by atoms with Gasteiger partial charge in [0.15, 0.2) is 11.5 Å². The lowest BCUT2D eigenvalue weighted by atomic mass is 10.1. The molecule has 31 heavy (non-hydrogen) atoms. The first-order chi connectivity index (χ1) is 15.0. The van der Waals surface area contributed by atoms with Gasteiger partial charge in [-0.15, -0.1) is 11.8 Å². The molecule has 2 heterocycles. The van der Waals surface area contributed by atoms with Gasteiger partial charge < -0.3 is 14.4 Å². The maximum Gasteiger partial charge on any atom is 0.233 e. The van der Waals surface area contributed by atoms with Gasteiger partial charge in [-0.2, -0.15) is 5.10 Å². The van der Waals surface area contributed by atoms with Crippen LogP contribution in [0.5, 0.6) is 11.5 Å². The van der Waals surface area contributed by atoms with E-state index in [2.05, 4.69) is 13.8 Å². The molecule has 4 rings (SSSR count). The number of hydrogen-bond donors (Lipinski definition) is 0. The second-order valence-electron chi connectivity index (χ2n) is 7.89. The Morgan fingerprint density at radius 1 is 1.10 bits per heavy atom. The Morgan fingerprint density at radius 3 is 2.52 bits per heavy atom. The zero-order valence-corrected chi connectivity index (χ0v) is 19.1. The standard InChI is InChI=1S/C24H27N3O3S/c1-16(2)13-26-22(28)15-31-24(26)19-14-27(18-8-6-5-7-9-18)25-23(19)17-10-11-20(29-3)21(12-17)30-4/h5-12,14,16,24H,13,15H2,1-4H3/t24-/m1/s1. The Morgan fingerprint density at radius 2 is 1.84 bits per heavy atom. The summed E-state index contributed by atoms with van der Waals surface area (Å²) in [5, 5.41) is 4.86. The first-order valence-corrected chi connectivity index (χ1v) is 11.3. The number of benzene rings is 2. The maximum atomic E-state index is 12.6. The van der Waals surface area contributed by atoms with Gasteiger partial charge in [0, 0.05) is 23.9 Å². The highest BCUT2D eigenvalue weighted by atomic mass is 32.2. The van der Waals surface area contributed by atoms with Crippen molar-refractivity contribution in [1.29, 1.82) is 0 Å². The quantitative estimate of drug-likeness (QED) is 0.532. The zero-order valence-electron chi connectivity index (χ0n) is 18.2. The average Bonchev–Trinajstić information content (AvgIpc) is 3.37. The van der Waals surface area contributed by atoms with E-state index in [-0.39, 0.29) is 11.3 Å². The molecule has 162 valence electrons. The highest BCUT2D eigenvalue weighted by Crippen LogP contribution is 2.44. The number of carbonyl (C=O) groups is 1. The number of para-hydroxylation sites is 1. The second-order valence-corrected chi connectivity index (χ2v) is 8.95. The highest BCUT2D eigenvalue weighted by molar-refractivity contribution is 8.00. The van der Waals surface area contributed by atoms with Crippen LogP contribution in [0.3, 0.4) is 0 Å². The fourth-order valence-electron chi connectivity index (χ4n) is 3.79. The highest BCUT2D eigenvalue weighted by Gasteiger charge is 2.36. The minimum Gasteiger partial charge on any atom is -0.493 e. The molecule has 1 saturated heterocycles. The summed E-state index contributed by atoms with van der Waals surface area (Å²) in [6.07, 6.45) is 2.05. The number of carbonyl (C=O) groups excluding carboxylic acids is 1. The molecule has 0 aliphatic carbocycles. The third-order valence-electron chi connectivity index (χ3n) is 5.22. The van der Waals surface area contributed by atoms with Gasteiger partial charge >= 0.3 is 0 Å². The van der Waals surface area contributed by atoms with Crippen LogP contribution in [0, 0.1) is 5.92 Å². The van der Waals surface area contributed by atoms with Crippen LogP contribution in [-0.4, -0.2) is 47.1 Å². The lowest BCUT2D eigenvalue weighted by Crippen LogP contribution is -2.31. The summed E-state index contributed by atoms with van der Waals surface area (Å²) in [4.78, 5) is 14.6. The molecule has 1 aliphatic heterocycles. The minimum atomic E-state index is -0.0736. The van der Waals surface area contributed by atoms with E-state index in [1.165, 1.54) is 0 Å². The van der Waals surface area contributed by atoms with E-state index < -0.39 is 0 Å². The van der Waals surface area contributed by atoms with Gasteiger partial charge in [0.25, 0.3) is 0 Å². The van der Waals surface area contributed by atoms with Crippen LogP contribution in [0.1, 0.15) is 24.8 Å². The molecule has 7 heteroatoms. The maximum absolute atomic E-state index is 12.6. The van der Waals surface area contributed by atoms with Crippen LogP contribution >= 0.6 is 11.8 Å². The van der Waals surface area contributed by atoms with Crippen molar-refractivity contribution in [3.05, 3.63) is 60.3 Å². The van der Waals surface area contributed by atoms with Gasteiger partial charge in [0.05, 0.1) is 31.4 Å². The van der Waals surface area contributed by atoms with Crippen LogP contribution < -0.4 is 9.47 Å². The van der Waals surface area contributed by atoms with E-state index in [4.69, 9.17) is 14.6 Å². The van der Waals surface area contributed by atoms with E-state index >= 15 is 0 Å². The predicted molar refractivity (Wildman–Crippen MR) is 124 cm³/mol. The summed E-state index contributed by atoms with van der Waals surface area (Å²) in [5.41, 5.74) is 3.75. The molecular weight excluding hydrogens is 410 g/mol. The van der Waals surface area contributed by atoms with Gasteiger partial charge in [-0.25, -0.2) is 4.68 Å². The van der Waals surface area contributed by atoms with Crippen molar-refractivity contribution < 1.29 is 14.3 Å². The summed E-state index contributed by atoms with van der Waals surface area (Å²) < 4.78 is 12.8. The molecule has 0 saturated carbocycles. The summed E-state index contributed by atoms with van der Waals surface area (Å²) in [7, 11) is 3.25. The van der Waals surface area contributed by atoms with Gasteiger partial charge in [0.1, 0.15) is 5.37 Å². The Hall–Kier alpha value is -2.93. The van der Waals surface area contributed by atoms with E-state index in [9.17, 15) is 4.79 Å². The van der Waals surface area contributed by atoms with Crippen molar-refractivity contribution in [1.82, 2.24) is 14.7 Å². The van der Waals surface area contributed by atoms with Crippen molar-refractivity contribution in [3.8, 4) is 28.4 Å². The molecule has 0 unspecified atom stereocenters. The molecule has 6 nitrogen and oxygen atoms in total. The molecule has 0 radical (unpaired) electrons. The minimum absolute atomic E-state index is 0.0736. The largest absolute Gasteiger partial charge is 0.493 e. The van der Waals surface area contributed by atoms with E-state index in [1.807, 2.05) is 64.3 Å². The number of ether oxygens (including phenoxy) is 2. The molecular formula is C24H27N3O3S. The molecule has 0 spiro atoms. The molecule has 1 fully saturated rings. The van der Waals surface area contributed by atoms with Crippen molar-refractivity contribution in [3.63, 3.8) is 0 Å². The van der Waals surface area contributed by atoms with Crippen molar-refractivity contribution in [2.75, 3.05) is 26.5 Å². The SMILES string of the molecule is COc1ccc(-c2nn(-c3ccccc3)cc2[C@H]2SCC(=O)N2CC(C)C)cc1OC. The summed E-state index contributed by atoms with van der Waals surface area (Å²) in [6, 6.07) is 15.8. The Kier molecular flexibility index (Phi) is 6.23. The first-order valence-electron chi connectivity index (χ1n) is 10.3. The molecule has 1 amide bonds. The lowest BCUT2D eigenvalue weighted by molar-refractivity contribution is -0.128. The summed E-state index contributed by atoms with van der Waals surface area (Å²) in [6.45, 7) is 4.99. The number of thioether (sulfide) groups is 1. The fraction of sp³-hybridized carbons (Fsp3) is 0.333. The average molecular weight is 438 g/mol. The molecule has 0 N–H and O–H groups in total. The normalized spacial score (nSPS) is 16.2. The van der Waals surface area contributed by atoms with Crippen LogP contribution in [0.15, 0.2) is 54.7 Å². The van der Waals surface area contributed by atoms with E-state index in [0.29, 0.717) is 23.2 Å². The topological polar surface area (TPSA) is 56.6 Å². The number of amides is 1. The fourth-order valence-corrected chi connectivity index (χ4v) is 4.99. The van der Waals surface area contributed by atoms with Crippen molar-refractivity contribution in [2.45, 2.75) is 19.2 Å². The van der Waals surface area contributed by atoms with Gasteiger partial charge in [0.2, 0.25) is 5.91 Å². The smallest absolute Gasteiger partial charge is 0.233 e. The van der Waals surface area contributed by atoms with E-state index in [1.54, 1.807) is 26.0 Å². The Labute approximate surface area is 187 Å². The van der Waals surface area contributed by atoms with Crippen LogP contribution in [-0.2, 0) is 4.79 Å². The van der Waals surface area contributed by atoms with E-state index in [0.717, 1.165) is 29.1 Å². The predicted octanol–water partition coefficient (Wildman–Crippen LogP) is 4.79. The van der Waals surface area contributed by atoms with Crippen molar-refractivity contribution >= 4 is 17.7 Å². The monoisotopic (exact) mass is 437 g/mol. The molecule has 0 bridgehead atoms. The number of hydrogen-bond acceptors (Lipinski definition) is 5. The zero-order chi connectivity index (χ0) is 22.0. The van der Waals surface area contributed by atoms with Gasteiger partial charge in [-0.3, -0.25) is 4.79 Å². The third-order valence-corrected chi connectivity index (χ3v) is 6.45. The molecule has 1 aliphatic rings. The number of nitrogens with zero attached hydrogens (tertiary/aromatic N) is 3. The summed E-state index contributed by atoms with van der Waals surface area (Å²) in [5.74, 6) is 2.36. The van der Waals surface area contributed by atoms with Gasteiger partial charge in [-0.05, 0) is 36.2 Å². The molecule has 3 aromatic rings. The van der Waals surface area contributed by atoms with Crippen LogP contribution in [0.4, 0.5) is 0 Å². The number of rotatable bonds is 7. The third kappa shape index (κ3) is 4.28. The van der Waals surface area contributed by atoms with Crippen LogP contribution in [0.2, 0.25) is 0 Å². The molecule has 1 aromatic heterocycles. The van der Waals surface area contributed by atoms with Crippen LogP contribution in [0.25, 0.3) is 16.9 Å². The molecule has 1 atom stereocenters.